The van der Waals surface area contributed by atoms with Gasteiger partial charge in [-0.1, -0.05) is 30.3 Å². The Labute approximate surface area is 153 Å². The molecule has 0 radical (unpaired) electrons. The van der Waals surface area contributed by atoms with Gasteiger partial charge in [0.05, 0.1) is 6.54 Å². The summed E-state index contributed by atoms with van der Waals surface area (Å²) in [6.45, 7) is 4.84. The van der Waals surface area contributed by atoms with Gasteiger partial charge in [0.2, 0.25) is 0 Å². The Morgan fingerprint density at radius 3 is 2.54 bits per heavy atom. The fraction of sp³-hybridized carbons (Fsp3) is 0.350. The minimum Gasteiger partial charge on any atom is -0.384 e. The highest BCUT2D eigenvalue weighted by atomic mass is 19.1. The van der Waals surface area contributed by atoms with Crippen molar-refractivity contribution in [1.29, 1.82) is 0 Å². The first-order valence-electron chi connectivity index (χ1n) is 8.66. The lowest BCUT2D eigenvalue weighted by atomic mass is 9.96. The van der Waals surface area contributed by atoms with Crippen LogP contribution in [-0.4, -0.2) is 30.7 Å². The summed E-state index contributed by atoms with van der Waals surface area (Å²) in [6, 6.07) is 12.7. The highest BCUT2D eigenvalue weighted by Crippen LogP contribution is 2.20. The van der Waals surface area contributed by atoms with E-state index in [1.54, 1.807) is 6.92 Å². The van der Waals surface area contributed by atoms with E-state index in [0.29, 0.717) is 31.0 Å². The Balaban J connectivity index is 1.97. The summed E-state index contributed by atoms with van der Waals surface area (Å²) in [4.78, 5) is 4.41. The fourth-order valence-electron chi connectivity index (χ4n) is 2.51. The summed E-state index contributed by atoms with van der Waals surface area (Å²) in [5.74, 6) is -0.372. The molecule has 2 aromatic rings. The predicted molar refractivity (Wildman–Crippen MR) is 100 cm³/mol. The summed E-state index contributed by atoms with van der Waals surface area (Å²) in [5.41, 5.74) is -0.00999. The van der Waals surface area contributed by atoms with Gasteiger partial charge in [0.15, 0.2) is 5.96 Å². The number of rotatable bonds is 7. The van der Waals surface area contributed by atoms with Gasteiger partial charge in [0, 0.05) is 13.1 Å². The van der Waals surface area contributed by atoms with Crippen LogP contribution in [0.4, 0.5) is 8.78 Å². The van der Waals surface area contributed by atoms with Gasteiger partial charge >= 0.3 is 0 Å². The zero-order chi connectivity index (χ0) is 19.0. The van der Waals surface area contributed by atoms with Gasteiger partial charge in [-0.05, 0) is 49.6 Å². The molecule has 0 bridgehead atoms. The molecule has 0 aliphatic heterocycles. The summed E-state index contributed by atoms with van der Waals surface area (Å²) >= 11 is 0. The third-order valence-electron chi connectivity index (χ3n) is 3.98. The molecule has 0 heterocycles. The molecule has 6 heteroatoms. The number of halogens is 2. The van der Waals surface area contributed by atoms with Crippen LogP contribution < -0.4 is 10.6 Å². The van der Waals surface area contributed by atoms with Crippen molar-refractivity contribution >= 4 is 5.96 Å². The van der Waals surface area contributed by atoms with E-state index in [1.807, 2.05) is 37.3 Å². The van der Waals surface area contributed by atoms with Crippen LogP contribution in [0.3, 0.4) is 0 Å². The number of hydrogen-bond donors (Lipinski definition) is 3. The lowest BCUT2D eigenvalue weighted by Gasteiger charge is -2.22. The first kappa shape index (κ1) is 19.8. The smallest absolute Gasteiger partial charge is 0.191 e. The number of hydrogen-bond acceptors (Lipinski definition) is 2. The van der Waals surface area contributed by atoms with Crippen LogP contribution >= 0.6 is 0 Å². The van der Waals surface area contributed by atoms with E-state index >= 15 is 0 Å². The quantitative estimate of drug-likeness (QED) is 0.525. The van der Waals surface area contributed by atoms with Crippen molar-refractivity contribution in [2.75, 3.05) is 19.6 Å². The molecule has 0 aliphatic rings. The third kappa shape index (κ3) is 5.81. The van der Waals surface area contributed by atoms with Gasteiger partial charge in [-0.15, -0.1) is 0 Å². The molecule has 0 aliphatic carbocycles. The first-order valence-corrected chi connectivity index (χ1v) is 8.66. The zero-order valence-corrected chi connectivity index (χ0v) is 15.1. The maximum atomic E-state index is 13.7. The second kappa shape index (κ2) is 9.29. The Morgan fingerprint density at radius 1 is 1.12 bits per heavy atom. The van der Waals surface area contributed by atoms with Crippen LogP contribution in [-0.2, 0) is 12.0 Å². The number of nitrogens with one attached hydrogen (secondary N) is 2. The Bertz CT molecular complexity index is 733. The summed E-state index contributed by atoms with van der Waals surface area (Å²) in [7, 11) is 0. The van der Waals surface area contributed by atoms with Gasteiger partial charge in [-0.2, -0.15) is 0 Å². The molecule has 2 aromatic carbocycles. The number of nitrogens with zero attached hydrogens (tertiary/aromatic N) is 1. The average molecular weight is 361 g/mol. The van der Waals surface area contributed by atoms with Crippen molar-refractivity contribution in [3.8, 4) is 0 Å². The Morgan fingerprint density at radius 2 is 1.85 bits per heavy atom. The van der Waals surface area contributed by atoms with E-state index in [-0.39, 0.29) is 6.54 Å². The topological polar surface area (TPSA) is 56.7 Å². The van der Waals surface area contributed by atoms with E-state index < -0.39 is 17.2 Å². The molecular weight excluding hydrogens is 336 g/mol. The lowest BCUT2D eigenvalue weighted by Crippen LogP contribution is -2.39. The van der Waals surface area contributed by atoms with E-state index in [0.717, 1.165) is 17.7 Å². The molecular formula is C20H25F2N3O. The van der Waals surface area contributed by atoms with Gasteiger partial charge in [0.25, 0.3) is 0 Å². The van der Waals surface area contributed by atoms with Gasteiger partial charge < -0.3 is 15.7 Å². The second-order valence-electron chi connectivity index (χ2n) is 6.25. The van der Waals surface area contributed by atoms with Gasteiger partial charge in [-0.25, -0.2) is 13.8 Å². The van der Waals surface area contributed by atoms with Gasteiger partial charge in [-0.3, -0.25) is 0 Å². The molecule has 1 atom stereocenters. The van der Waals surface area contributed by atoms with Crippen molar-refractivity contribution < 1.29 is 13.9 Å². The van der Waals surface area contributed by atoms with E-state index in [4.69, 9.17) is 0 Å². The lowest BCUT2D eigenvalue weighted by molar-refractivity contribution is 0.0672. The first-order chi connectivity index (χ1) is 12.4. The minimum atomic E-state index is -1.10. The van der Waals surface area contributed by atoms with E-state index in [2.05, 4.69) is 15.6 Å². The maximum Gasteiger partial charge on any atom is 0.191 e. The van der Waals surface area contributed by atoms with Crippen LogP contribution in [0.1, 0.15) is 25.0 Å². The van der Waals surface area contributed by atoms with Crippen molar-refractivity contribution in [2.45, 2.75) is 25.9 Å². The molecule has 140 valence electrons. The number of aliphatic imine (C=N–C) groups is 1. The molecule has 0 saturated heterocycles. The monoisotopic (exact) mass is 361 g/mol. The molecule has 2 rings (SSSR count). The Hall–Kier alpha value is -2.47. The van der Waals surface area contributed by atoms with Crippen molar-refractivity contribution in [3.05, 3.63) is 71.3 Å². The molecule has 0 spiro atoms. The molecule has 0 fully saturated rings. The van der Waals surface area contributed by atoms with Crippen LogP contribution in [0.15, 0.2) is 53.5 Å². The fourth-order valence-corrected chi connectivity index (χ4v) is 2.51. The number of benzene rings is 2. The summed E-state index contributed by atoms with van der Waals surface area (Å²) in [6.07, 6.45) is 0.323. The summed E-state index contributed by atoms with van der Waals surface area (Å²) in [5, 5.41) is 16.8. The average Bonchev–Trinajstić information content (AvgIpc) is 2.63. The molecule has 0 amide bonds. The van der Waals surface area contributed by atoms with Crippen LogP contribution in [0.25, 0.3) is 0 Å². The molecule has 1 unspecified atom stereocenters. The second-order valence-corrected chi connectivity index (χ2v) is 6.25. The molecule has 4 nitrogen and oxygen atoms in total. The highest BCUT2D eigenvalue weighted by molar-refractivity contribution is 5.79. The minimum absolute atomic E-state index is 0.167. The number of guanidine groups is 1. The SMILES string of the molecule is CCNC(=NCC(C)(O)c1ccccc1)NCCc1cc(F)ccc1F. The third-order valence-corrected chi connectivity index (χ3v) is 3.98. The molecule has 0 saturated carbocycles. The van der Waals surface area contributed by atoms with Crippen molar-refractivity contribution in [2.24, 2.45) is 4.99 Å². The highest BCUT2D eigenvalue weighted by Gasteiger charge is 2.22. The van der Waals surface area contributed by atoms with Gasteiger partial charge in [0.1, 0.15) is 17.2 Å². The van der Waals surface area contributed by atoms with Crippen molar-refractivity contribution in [1.82, 2.24) is 10.6 Å². The van der Waals surface area contributed by atoms with Crippen molar-refractivity contribution in [3.63, 3.8) is 0 Å². The number of aliphatic hydroxyl groups is 1. The van der Waals surface area contributed by atoms with Crippen LogP contribution in [0, 0.1) is 11.6 Å². The van der Waals surface area contributed by atoms with Crippen LogP contribution in [0.5, 0.6) is 0 Å². The Kier molecular flexibility index (Phi) is 7.09. The molecule has 0 aromatic heterocycles. The molecule has 3 N–H and O–H groups in total. The largest absolute Gasteiger partial charge is 0.384 e. The zero-order valence-electron chi connectivity index (χ0n) is 15.1. The normalized spacial score (nSPS) is 14.0. The van der Waals surface area contributed by atoms with E-state index in [9.17, 15) is 13.9 Å². The summed E-state index contributed by atoms with van der Waals surface area (Å²) < 4.78 is 26.9. The van der Waals surface area contributed by atoms with Crippen LogP contribution in [0.2, 0.25) is 0 Å². The van der Waals surface area contributed by atoms with E-state index in [1.165, 1.54) is 6.07 Å². The molecule has 26 heavy (non-hydrogen) atoms. The maximum absolute atomic E-state index is 13.7. The predicted octanol–water partition coefficient (Wildman–Crippen LogP) is 2.97. The standard InChI is InChI=1S/C20H25F2N3O/c1-3-23-19(24-12-11-15-13-17(21)9-10-18(15)22)25-14-20(2,26)16-7-5-4-6-8-16/h4-10,13,26H,3,11-12,14H2,1-2H3,(H2,23,24,25).